The number of benzene rings is 1. The molecule has 2 aliphatic rings. The third kappa shape index (κ3) is 4.68. The van der Waals surface area contributed by atoms with E-state index in [4.69, 9.17) is 14.2 Å². The molecule has 1 heterocycles. The first-order chi connectivity index (χ1) is 14.4. The second-order valence-corrected chi connectivity index (χ2v) is 10.3. The molecule has 168 valence electrons. The molecule has 1 aliphatic carbocycles. The molecule has 8 heteroatoms. The van der Waals surface area contributed by atoms with Crippen molar-refractivity contribution in [1.29, 1.82) is 0 Å². The van der Waals surface area contributed by atoms with E-state index in [0.29, 0.717) is 42.6 Å². The molecule has 1 saturated carbocycles. The summed E-state index contributed by atoms with van der Waals surface area (Å²) < 4.78 is 42.8. The van der Waals surface area contributed by atoms with E-state index < -0.39 is 15.1 Å². The molecule has 0 aromatic heterocycles. The van der Waals surface area contributed by atoms with Crippen molar-refractivity contribution in [3.05, 3.63) is 17.7 Å². The van der Waals surface area contributed by atoms with E-state index in [2.05, 4.69) is 0 Å². The number of nitrogens with zero attached hydrogens (tertiary/aromatic N) is 1. The molecule has 0 spiro atoms. The van der Waals surface area contributed by atoms with Crippen molar-refractivity contribution < 1.29 is 27.4 Å². The van der Waals surface area contributed by atoms with Gasteiger partial charge in [-0.2, -0.15) is 0 Å². The zero-order chi connectivity index (χ0) is 21.7. The quantitative estimate of drug-likeness (QED) is 0.586. The molecule has 1 amide bonds. The largest absolute Gasteiger partial charge is 0.490 e. The molecule has 2 fully saturated rings. The van der Waals surface area contributed by atoms with Gasteiger partial charge in [-0.1, -0.05) is 19.3 Å². The van der Waals surface area contributed by atoms with Gasteiger partial charge in [0.15, 0.2) is 21.3 Å². The summed E-state index contributed by atoms with van der Waals surface area (Å²) in [5.41, 5.74) is 0.416. The first kappa shape index (κ1) is 22.7. The number of carbonyl (C=O) groups is 1. The van der Waals surface area contributed by atoms with Gasteiger partial charge in [-0.05, 0) is 45.7 Å². The summed E-state index contributed by atoms with van der Waals surface area (Å²) >= 11 is 0. The number of likely N-dealkylation sites (tertiary alicyclic amines) is 1. The van der Waals surface area contributed by atoms with Crippen LogP contribution in [0.15, 0.2) is 12.1 Å². The Morgan fingerprint density at radius 3 is 1.93 bits per heavy atom. The maximum Gasteiger partial charge on any atom is 0.254 e. The van der Waals surface area contributed by atoms with Crippen molar-refractivity contribution in [1.82, 2.24) is 4.90 Å². The molecule has 0 bridgehead atoms. The highest BCUT2D eigenvalue weighted by molar-refractivity contribution is 7.92. The van der Waals surface area contributed by atoms with E-state index in [0.717, 1.165) is 32.1 Å². The Labute approximate surface area is 179 Å². The van der Waals surface area contributed by atoms with Crippen LogP contribution < -0.4 is 14.2 Å². The smallest absolute Gasteiger partial charge is 0.254 e. The lowest BCUT2D eigenvalue weighted by molar-refractivity contribution is 0.0657. The van der Waals surface area contributed by atoms with E-state index in [1.165, 1.54) is 0 Å². The monoisotopic (exact) mass is 439 g/mol. The molecule has 0 radical (unpaired) electrons. The highest BCUT2D eigenvalue weighted by Crippen LogP contribution is 2.40. The van der Waals surface area contributed by atoms with Gasteiger partial charge in [0.25, 0.3) is 5.91 Å². The summed E-state index contributed by atoms with van der Waals surface area (Å²) in [6, 6.07) is 3.31. The molecular weight excluding hydrogens is 406 g/mol. The van der Waals surface area contributed by atoms with Crippen LogP contribution in [0.2, 0.25) is 0 Å². The first-order valence-corrected chi connectivity index (χ1v) is 12.6. The van der Waals surface area contributed by atoms with Crippen molar-refractivity contribution in [2.45, 2.75) is 63.4 Å². The van der Waals surface area contributed by atoms with E-state index in [1.54, 1.807) is 17.0 Å². The second kappa shape index (κ2) is 9.90. The van der Waals surface area contributed by atoms with Crippen molar-refractivity contribution in [3.63, 3.8) is 0 Å². The highest BCUT2D eigenvalue weighted by atomic mass is 32.2. The van der Waals surface area contributed by atoms with Gasteiger partial charge >= 0.3 is 0 Å². The number of hydrogen-bond donors (Lipinski definition) is 0. The number of carbonyl (C=O) groups excluding carboxylic acids is 1. The van der Waals surface area contributed by atoms with Gasteiger partial charge in [0, 0.05) is 18.7 Å². The van der Waals surface area contributed by atoms with E-state index >= 15 is 0 Å². The van der Waals surface area contributed by atoms with Crippen LogP contribution in [0, 0.1) is 0 Å². The standard InChI is InChI=1S/C22H33NO6S/c1-4-27-19-12-16(13-20(28-5-2)21(19)29-6-3)22(24)23-14-18(15-23)30(25,26)17-10-8-7-9-11-17/h12-13,17-18H,4-11,14-15H2,1-3H3. The lowest BCUT2D eigenvalue weighted by Crippen LogP contribution is -2.58. The van der Waals surface area contributed by atoms with Crippen LogP contribution in [0.4, 0.5) is 0 Å². The summed E-state index contributed by atoms with van der Waals surface area (Å²) in [7, 11) is -3.18. The van der Waals surface area contributed by atoms with E-state index in [-0.39, 0.29) is 24.2 Å². The fraction of sp³-hybridized carbons (Fsp3) is 0.682. The Morgan fingerprint density at radius 1 is 0.900 bits per heavy atom. The van der Waals surface area contributed by atoms with Crippen molar-refractivity contribution >= 4 is 15.7 Å². The average Bonchev–Trinajstić information content (AvgIpc) is 2.70. The predicted octanol–water partition coefficient (Wildman–Crippen LogP) is 3.45. The zero-order valence-electron chi connectivity index (χ0n) is 18.2. The summed E-state index contributed by atoms with van der Waals surface area (Å²) in [5, 5.41) is -0.696. The molecule has 30 heavy (non-hydrogen) atoms. The van der Waals surface area contributed by atoms with Gasteiger partial charge in [-0.3, -0.25) is 4.79 Å². The molecule has 1 saturated heterocycles. The normalized spacial score (nSPS) is 18.0. The molecular formula is C22H33NO6S. The lowest BCUT2D eigenvalue weighted by Gasteiger charge is -2.41. The van der Waals surface area contributed by atoms with Crippen LogP contribution in [0.25, 0.3) is 0 Å². The molecule has 1 aromatic rings. The minimum atomic E-state index is -3.18. The SMILES string of the molecule is CCOc1cc(C(=O)N2CC(S(=O)(=O)C3CCCCC3)C2)cc(OCC)c1OCC. The van der Waals surface area contributed by atoms with Crippen LogP contribution in [-0.2, 0) is 9.84 Å². The van der Waals surface area contributed by atoms with Gasteiger partial charge in [0.2, 0.25) is 5.75 Å². The molecule has 0 atom stereocenters. The maximum atomic E-state index is 13.0. The Bertz CT molecular complexity index is 814. The van der Waals surface area contributed by atoms with Crippen LogP contribution >= 0.6 is 0 Å². The molecule has 3 rings (SSSR count). The zero-order valence-corrected chi connectivity index (χ0v) is 19.0. The van der Waals surface area contributed by atoms with Crippen LogP contribution in [0.5, 0.6) is 17.2 Å². The highest BCUT2D eigenvalue weighted by Gasteiger charge is 2.44. The van der Waals surface area contributed by atoms with E-state index in [1.807, 2.05) is 20.8 Å². The van der Waals surface area contributed by atoms with E-state index in [9.17, 15) is 13.2 Å². The van der Waals surface area contributed by atoms with Crippen molar-refractivity contribution in [2.24, 2.45) is 0 Å². The first-order valence-electron chi connectivity index (χ1n) is 11.0. The summed E-state index contributed by atoms with van der Waals surface area (Å²) in [6.45, 7) is 7.39. The molecule has 7 nitrogen and oxygen atoms in total. The number of rotatable bonds is 9. The number of amides is 1. The topological polar surface area (TPSA) is 82.1 Å². The maximum absolute atomic E-state index is 13.0. The molecule has 0 unspecified atom stereocenters. The third-order valence-corrected chi connectivity index (χ3v) is 8.40. The Morgan fingerprint density at radius 2 is 1.43 bits per heavy atom. The number of ether oxygens (including phenoxy) is 3. The van der Waals surface area contributed by atoms with Crippen molar-refractivity contribution in [2.75, 3.05) is 32.9 Å². The average molecular weight is 440 g/mol. The molecule has 0 N–H and O–H groups in total. The van der Waals surface area contributed by atoms with Gasteiger partial charge in [0.05, 0.1) is 30.3 Å². The Kier molecular flexibility index (Phi) is 7.50. The third-order valence-electron chi connectivity index (χ3n) is 5.77. The fourth-order valence-electron chi connectivity index (χ4n) is 4.17. The van der Waals surface area contributed by atoms with Crippen LogP contribution in [0.3, 0.4) is 0 Å². The van der Waals surface area contributed by atoms with Crippen LogP contribution in [-0.4, -0.2) is 62.6 Å². The van der Waals surface area contributed by atoms with Gasteiger partial charge < -0.3 is 19.1 Å². The minimum absolute atomic E-state index is 0.213. The summed E-state index contributed by atoms with van der Waals surface area (Å²) in [4.78, 5) is 14.6. The summed E-state index contributed by atoms with van der Waals surface area (Å²) in [6.07, 6.45) is 4.57. The number of sulfone groups is 1. The Hall–Kier alpha value is -1.96. The fourth-order valence-corrected chi connectivity index (χ4v) is 6.48. The minimum Gasteiger partial charge on any atom is -0.490 e. The van der Waals surface area contributed by atoms with Gasteiger partial charge in [0.1, 0.15) is 0 Å². The molecule has 1 aromatic carbocycles. The van der Waals surface area contributed by atoms with Crippen LogP contribution in [0.1, 0.15) is 63.2 Å². The molecule has 1 aliphatic heterocycles. The predicted molar refractivity (Wildman–Crippen MR) is 115 cm³/mol. The second-order valence-electron chi connectivity index (χ2n) is 7.78. The van der Waals surface area contributed by atoms with Gasteiger partial charge in [-0.25, -0.2) is 8.42 Å². The van der Waals surface area contributed by atoms with Gasteiger partial charge in [-0.15, -0.1) is 0 Å². The van der Waals surface area contributed by atoms with Crippen molar-refractivity contribution in [3.8, 4) is 17.2 Å². The Balaban J connectivity index is 1.75. The number of hydrogen-bond acceptors (Lipinski definition) is 6. The summed E-state index contributed by atoms with van der Waals surface area (Å²) in [5.74, 6) is 1.19. The lowest BCUT2D eigenvalue weighted by atomic mass is 10.0.